The van der Waals surface area contributed by atoms with Gasteiger partial charge in [-0.25, -0.2) is 9.97 Å². The van der Waals surface area contributed by atoms with Gasteiger partial charge in [0.1, 0.15) is 5.75 Å². The summed E-state index contributed by atoms with van der Waals surface area (Å²) in [5.41, 5.74) is 7.69. The molecule has 0 saturated carbocycles. The Labute approximate surface area is 236 Å². The van der Waals surface area contributed by atoms with Crippen molar-refractivity contribution in [2.45, 2.75) is 32.7 Å². The molecule has 1 amide bonds. The van der Waals surface area contributed by atoms with Crippen molar-refractivity contribution in [1.82, 2.24) is 14.9 Å². The SMILES string of the molecule is COC(C)=O.NCCOCCOCCOCCN1Cc2cc(OCCCNc3ncccn3)ccc2CCC1=O. The van der Waals surface area contributed by atoms with Gasteiger partial charge >= 0.3 is 5.97 Å². The Balaban J connectivity index is 0.00000103. The van der Waals surface area contributed by atoms with Crippen LogP contribution in [0.4, 0.5) is 5.95 Å². The molecule has 3 rings (SSSR count). The first-order valence-electron chi connectivity index (χ1n) is 13.5. The van der Waals surface area contributed by atoms with Crippen molar-refractivity contribution in [2.24, 2.45) is 5.73 Å². The van der Waals surface area contributed by atoms with Crippen LogP contribution < -0.4 is 15.8 Å². The summed E-state index contributed by atoms with van der Waals surface area (Å²) in [7, 11) is 1.35. The highest BCUT2D eigenvalue weighted by atomic mass is 16.5. The van der Waals surface area contributed by atoms with Crippen LogP contribution in [0.15, 0.2) is 36.7 Å². The predicted octanol–water partition coefficient (Wildman–Crippen LogP) is 1.82. The number of nitrogens with two attached hydrogens (primary N) is 1. The van der Waals surface area contributed by atoms with Crippen molar-refractivity contribution in [2.75, 3.05) is 78.3 Å². The number of aromatic nitrogens is 2. The zero-order chi connectivity index (χ0) is 28.8. The number of carbonyl (C=O) groups excluding carboxylic acids is 2. The Kier molecular flexibility index (Phi) is 16.9. The lowest BCUT2D eigenvalue weighted by Crippen LogP contribution is -2.32. The van der Waals surface area contributed by atoms with Gasteiger partial charge in [0.05, 0.1) is 53.4 Å². The fourth-order valence-corrected chi connectivity index (χ4v) is 3.63. The van der Waals surface area contributed by atoms with E-state index in [1.54, 1.807) is 18.5 Å². The summed E-state index contributed by atoms with van der Waals surface area (Å²) >= 11 is 0. The van der Waals surface area contributed by atoms with Gasteiger partial charge in [-0.3, -0.25) is 9.59 Å². The van der Waals surface area contributed by atoms with Gasteiger partial charge in [0.15, 0.2) is 0 Å². The molecule has 0 saturated heterocycles. The smallest absolute Gasteiger partial charge is 0.302 e. The van der Waals surface area contributed by atoms with Gasteiger partial charge in [0.25, 0.3) is 0 Å². The van der Waals surface area contributed by atoms with E-state index < -0.39 is 0 Å². The lowest BCUT2D eigenvalue weighted by atomic mass is 10.0. The summed E-state index contributed by atoms with van der Waals surface area (Å²) in [6.45, 7) is 7.35. The standard InChI is InChI=1S/C25H37N5O5.C3H6O2/c26-7-13-32-15-17-34-18-16-33-14-11-30-20-22-19-23(5-3-21(22)4-6-24(30)31)35-12-2-10-29-25-27-8-1-9-28-25;1-3(4)5-2/h1,3,5,8-9,19H,2,4,6-7,10-18,20,26H2,(H,27,28,29);1-2H3. The van der Waals surface area contributed by atoms with Crippen LogP contribution in [-0.2, 0) is 41.5 Å². The average molecular weight is 562 g/mol. The highest BCUT2D eigenvalue weighted by molar-refractivity contribution is 5.77. The van der Waals surface area contributed by atoms with Crippen LogP contribution in [0.5, 0.6) is 5.75 Å². The predicted molar refractivity (Wildman–Crippen MR) is 150 cm³/mol. The number of rotatable bonds is 17. The van der Waals surface area contributed by atoms with E-state index in [2.05, 4.69) is 32.2 Å². The lowest BCUT2D eigenvalue weighted by Gasteiger charge is -2.21. The minimum atomic E-state index is -0.245. The first-order valence-corrected chi connectivity index (χ1v) is 13.5. The lowest BCUT2D eigenvalue weighted by molar-refractivity contribution is -0.138. The second-order valence-corrected chi connectivity index (χ2v) is 8.77. The third-order valence-corrected chi connectivity index (χ3v) is 5.74. The Morgan fingerprint density at radius 2 is 1.65 bits per heavy atom. The number of esters is 1. The highest BCUT2D eigenvalue weighted by Gasteiger charge is 2.20. The van der Waals surface area contributed by atoms with E-state index in [1.807, 2.05) is 11.0 Å². The molecule has 0 radical (unpaired) electrons. The zero-order valence-corrected chi connectivity index (χ0v) is 23.6. The van der Waals surface area contributed by atoms with Crippen LogP contribution in [-0.4, -0.2) is 99.7 Å². The number of carbonyl (C=O) groups is 2. The molecule has 12 nitrogen and oxygen atoms in total. The quantitative estimate of drug-likeness (QED) is 0.215. The summed E-state index contributed by atoms with van der Waals surface area (Å²) in [4.78, 5) is 32.3. The van der Waals surface area contributed by atoms with Crippen LogP contribution in [0.2, 0.25) is 0 Å². The van der Waals surface area contributed by atoms with Gasteiger partial charge in [-0.1, -0.05) is 6.07 Å². The molecule has 2 heterocycles. The second-order valence-electron chi connectivity index (χ2n) is 8.77. The maximum absolute atomic E-state index is 12.6. The van der Waals surface area contributed by atoms with Gasteiger partial charge in [0.2, 0.25) is 11.9 Å². The van der Waals surface area contributed by atoms with E-state index in [0.717, 1.165) is 30.7 Å². The van der Waals surface area contributed by atoms with Crippen LogP contribution in [0, 0.1) is 0 Å². The summed E-state index contributed by atoms with van der Waals surface area (Å²) in [6, 6.07) is 7.89. The number of methoxy groups -OCH3 is 1. The zero-order valence-electron chi connectivity index (χ0n) is 23.6. The Morgan fingerprint density at radius 3 is 2.33 bits per heavy atom. The third kappa shape index (κ3) is 14.2. The topological polar surface area (TPSA) is 147 Å². The number of amides is 1. The molecule has 1 aliphatic rings. The number of benzene rings is 1. The average Bonchev–Trinajstić information content (AvgIpc) is 3.12. The van der Waals surface area contributed by atoms with E-state index in [0.29, 0.717) is 78.3 Å². The molecule has 0 aliphatic carbocycles. The van der Waals surface area contributed by atoms with Crippen molar-refractivity contribution >= 4 is 17.8 Å². The molecule has 222 valence electrons. The summed E-state index contributed by atoms with van der Waals surface area (Å²) < 4.78 is 26.4. The van der Waals surface area contributed by atoms with Crippen molar-refractivity contribution < 1.29 is 33.3 Å². The number of ether oxygens (including phenoxy) is 5. The number of hydrogen-bond donors (Lipinski definition) is 2. The second kappa shape index (κ2) is 20.6. The molecule has 0 bridgehead atoms. The van der Waals surface area contributed by atoms with Crippen LogP contribution in [0.1, 0.15) is 30.9 Å². The number of nitrogens with zero attached hydrogens (tertiary/aromatic N) is 3. The van der Waals surface area contributed by atoms with Crippen molar-refractivity contribution in [3.8, 4) is 5.75 Å². The van der Waals surface area contributed by atoms with E-state index in [9.17, 15) is 9.59 Å². The Morgan fingerprint density at radius 1 is 0.975 bits per heavy atom. The number of nitrogens with one attached hydrogen (secondary N) is 1. The van der Waals surface area contributed by atoms with Gasteiger partial charge < -0.3 is 39.6 Å². The largest absolute Gasteiger partial charge is 0.494 e. The normalized spacial score (nSPS) is 12.6. The van der Waals surface area contributed by atoms with Crippen molar-refractivity contribution in [1.29, 1.82) is 0 Å². The van der Waals surface area contributed by atoms with E-state index in [-0.39, 0.29) is 11.9 Å². The molecular weight excluding hydrogens is 518 g/mol. The van der Waals surface area contributed by atoms with E-state index in [4.69, 9.17) is 24.7 Å². The van der Waals surface area contributed by atoms with Gasteiger partial charge in [-0.2, -0.15) is 0 Å². The Bertz CT molecular complexity index is 981. The molecule has 0 spiro atoms. The van der Waals surface area contributed by atoms with E-state index in [1.165, 1.54) is 19.6 Å². The van der Waals surface area contributed by atoms with Gasteiger partial charge in [0, 0.05) is 51.9 Å². The van der Waals surface area contributed by atoms with Crippen molar-refractivity contribution in [3.05, 3.63) is 47.8 Å². The number of aryl methyl sites for hydroxylation is 1. The number of anilines is 1. The monoisotopic (exact) mass is 561 g/mol. The summed E-state index contributed by atoms with van der Waals surface area (Å²) in [5.74, 6) is 1.34. The molecular formula is C28H43N5O7. The number of fused-ring (bicyclic) bond motifs is 1. The molecule has 1 aromatic heterocycles. The molecule has 0 unspecified atom stereocenters. The molecule has 0 fully saturated rings. The van der Waals surface area contributed by atoms with E-state index >= 15 is 0 Å². The fraction of sp³-hybridized carbons (Fsp3) is 0.571. The fourth-order valence-electron chi connectivity index (χ4n) is 3.63. The molecule has 1 aromatic carbocycles. The van der Waals surface area contributed by atoms with Crippen LogP contribution in [0.3, 0.4) is 0 Å². The van der Waals surface area contributed by atoms with Crippen LogP contribution >= 0.6 is 0 Å². The van der Waals surface area contributed by atoms with Gasteiger partial charge in [-0.05, 0) is 42.2 Å². The maximum Gasteiger partial charge on any atom is 0.302 e. The van der Waals surface area contributed by atoms with Gasteiger partial charge in [-0.15, -0.1) is 0 Å². The molecule has 1 aliphatic heterocycles. The highest BCUT2D eigenvalue weighted by Crippen LogP contribution is 2.24. The first-order chi connectivity index (χ1) is 19.5. The first kappa shape index (κ1) is 32.9. The third-order valence-electron chi connectivity index (χ3n) is 5.74. The number of hydrogen-bond acceptors (Lipinski definition) is 11. The molecule has 2 aromatic rings. The minimum Gasteiger partial charge on any atom is -0.494 e. The minimum absolute atomic E-state index is 0.148. The summed E-state index contributed by atoms with van der Waals surface area (Å²) in [5, 5.41) is 3.17. The molecule has 3 N–H and O–H groups in total. The Hall–Kier alpha value is -3.32. The molecule has 12 heteroatoms. The maximum atomic E-state index is 12.6. The van der Waals surface area contributed by atoms with Crippen LogP contribution in [0.25, 0.3) is 0 Å². The summed E-state index contributed by atoms with van der Waals surface area (Å²) in [6.07, 6.45) is 5.49. The molecule has 0 atom stereocenters. The van der Waals surface area contributed by atoms with Crippen molar-refractivity contribution in [3.63, 3.8) is 0 Å². The molecule has 40 heavy (non-hydrogen) atoms.